The number of rotatable bonds is 5. The largest absolute Gasteiger partial charge is 0.380 e. The van der Waals surface area contributed by atoms with Gasteiger partial charge in [-0.3, -0.25) is 0 Å². The van der Waals surface area contributed by atoms with Crippen molar-refractivity contribution in [3.8, 4) is 0 Å². The Hall–Kier alpha value is -0.160. The van der Waals surface area contributed by atoms with Crippen molar-refractivity contribution in [2.24, 2.45) is 17.1 Å². The summed E-state index contributed by atoms with van der Waals surface area (Å²) in [6.07, 6.45) is 2.92. The summed E-state index contributed by atoms with van der Waals surface area (Å²) >= 11 is 0. The molecule has 1 heterocycles. The van der Waals surface area contributed by atoms with Gasteiger partial charge in [0.1, 0.15) is 0 Å². The van der Waals surface area contributed by atoms with Crippen LogP contribution in [0.3, 0.4) is 0 Å². The van der Waals surface area contributed by atoms with Crippen LogP contribution in [0.1, 0.15) is 33.6 Å². The maximum atomic E-state index is 6.68. The van der Waals surface area contributed by atoms with Gasteiger partial charge in [-0.15, -0.1) is 0 Å². The summed E-state index contributed by atoms with van der Waals surface area (Å²) in [5, 5.41) is 3.46. The molecule has 2 rings (SSSR count). The molecule has 18 heavy (non-hydrogen) atoms. The summed E-state index contributed by atoms with van der Waals surface area (Å²) in [6.45, 7) is 9.13. The highest BCUT2D eigenvalue weighted by molar-refractivity contribution is 5.20. The van der Waals surface area contributed by atoms with Gasteiger partial charge in [-0.25, -0.2) is 0 Å². The van der Waals surface area contributed by atoms with E-state index in [-0.39, 0.29) is 17.1 Å². The molecule has 2 fully saturated rings. The van der Waals surface area contributed by atoms with Crippen molar-refractivity contribution in [2.45, 2.75) is 51.4 Å². The lowest BCUT2D eigenvalue weighted by Crippen LogP contribution is -2.80. The van der Waals surface area contributed by atoms with Crippen LogP contribution in [0, 0.1) is 11.3 Å². The van der Waals surface area contributed by atoms with Crippen LogP contribution >= 0.6 is 0 Å². The molecule has 0 aromatic rings. The first-order valence-corrected chi connectivity index (χ1v) is 7.07. The van der Waals surface area contributed by atoms with Gasteiger partial charge in [0.2, 0.25) is 0 Å². The fraction of sp³-hybridized carbons (Fsp3) is 1.00. The van der Waals surface area contributed by atoms with Crippen LogP contribution in [0.15, 0.2) is 0 Å². The van der Waals surface area contributed by atoms with Gasteiger partial charge in [-0.05, 0) is 19.8 Å². The topological polar surface area (TPSA) is 56.5 Å². The molecular formula is C14H28N2O2. The van der Waals surface area contributed by atoms with Crippen LogP contribution < -0.4 is 11.1 Å². The molecule has 3 N–H and O–H groups in total. The van der Waals surface area contributed by atoms with E-state index >= 15 is 0 Å². The van der Waals surface area contributed by atoms with Crippen molar-refractivity contribution in [1.29, 1.82) is 0 Å². The molecule has 0 aromatic carbocycles. The Balaban J connectivity index is 1.92. The van der Waals surface area contributed by atoms with Crippen molar-refractivity contribution in [2.75, 3.05) is 26.8 Å². The number of hydrogen-bond acceptors (Lipinski definition) is 4. The first kappa shape index (κ1) is 14.3. The quantitative estimate of drug-likeness (QED) is 0.774. The zero-order valence-corrected chi connectivity index (χ0v) is 12.2. The molecule has 4 heteroatoms. The number of hydrogen-bond donors (Lipinski definition) is 2. The molecule has 1 saturated heterocycles. The number of fused-ring (bicyclic) bond motifs is 1. The minimum Gasteiger partial charge on any atom is -0.380 e. The molecule has 1 aliphatic heterocycles. The predicted molar refractivity (Wildman–Crippen MR) is 72.5 cm³/mol. The summed E-state index contributed by atoms with van der Waals surface area (Å²) in [4.78, 5) is 0. The molecule has 4 nitrogen and oxygen atoms in total. The average molecular weight is 256 g/mol. The van der Waals surface area contributed by atoms with Crippen LogP contribution in [0.2, 0.25) is 0 Å². The van der Waals surface area contributed by atoms with Crippen LogP contribution in [0.4, 0.5) is 0 Å². The molecule has 106 valence electrons. The van der Waals surface area contributed by atoms with Crippen LogP contribution in [0.5, 0.6) is 0 Å². The Morgan fingerprint density at radius 3 is 2.89 bits per heavy atom. The summed E-state index contributed by atoms with van der Waals surface area (Å²) in [5.74, 6) is 0.506. The van der Waals surface area contributed by atoms with Gasteiger partial charge in [0.15, 0.2) is 0 Å². The summed E-state index contributed by atoms with van der Waals surface area (Å²) in [5.41, 5.74) is 6.59. The maximum Gasteiger partial charge on any atom is 0.0690 e. The fourth-order valence-electron chi connectivity index (χ4n) is 3.59. The first-order valence-electron chi connectivity index (χ1n) is 7.07. The number of ether oxygens (including phenoxy) is 2. The van der Waals surface area contributed by atoms with E-state index < -0.39 is 0 Å². The number of nitrogens with one attached hydrogen (secondary N) is 1. The van der Waals surface area contributed by atoms with Crippen molar-refractivity contribution in [1.82, 2.24) is 5.32 Å². The Morgan fingerprint density at radius 2 is 2.22 bits per heavy atom. The highest BCUT2D eigenvalue weighted by Gasteiger charge is 2.65. The Labute approximate surface area is 111 Å². The predicted octanol–water partition coefficient (Wildman–Crippen LogP) is 1.14. The first-order chi connectivity index (χ1) is 8.43. The summed E-state index contributed by atoms with van der Waals surface area (Å²) in [7, 11) is 1.74. The van der Waals surface area contributed by atoms with E-state index in [9.17, 15) is 0 Å². The molecule has 4 unspecified atom stereocenters. The van der Waals surface area contributed by atoms with Crippen LogP contribution in [-0.2, 0) is 9.47 Å². The smallest absolute Gasteiger partial charge is 0.0690 e. The number of methoxy groups -OCH3 is 1. The average Bonchev–Trinajstić information content (AvgIpc) is 2.38. The third kappa shape index (κ3) is 2.09. The van der Waals surface area contributed by atoms with Crippen LogP contribution in [0.25, 0.3) is 0 Å². The van der Waals surface area contributed by atoms with Crippen molar-refractivity contribution in [3.05, 3.63) is 0 Å². The molecule has 0 bridgehead atoms. The second-order valence-corrected chi connectivity index (χ2v) is 6.48. The zero-order valence-electron chi connectivity index (χ0n) is 12.2. The lowest BCUT2D eigenvalue weighted by molar-refractivity contribution is -0.225. The molecule has 0 aromatic heterocycles. The van der Waals surface area contributed by atoms with Gasteiger partial charge >= 0.3 is 0 Å². The zero-order chi connectivity index (χ0) is 13.4. The second kappa shape index (κ2) is 5.08. The standard InChI is InChI=1S/C14H28N2O2/c1-10(17-4)8-16-9-14(15)11-6-5-7-18-12(11)13(14,2)3/h10-12,16H,5-9,15H2,1-4H3. The molecule has 0 radical (unpaired) electrons. The third-order valence-corrected chi connectivity index (χ3v) is 5.15. The van der Waals surface area contributed by atoms with E-state index in [4.69, 9.17) is 15.2 Å². The van der Waals surface area contributed by atoms with E-state index in [1.54, 1.807) is 7.11 Å². The Bertz CT molecular complexity index is 296. The van der Waals surface area contributed by atoms with E-state index in [2.05, 4.69) is 26.1 Å². The van der Waals surface area contributed by atoms with E-state index in [1.807, 2.05) is 0 Å². The summed E-state index contributed by atoms with van der Waals surface area (Å²) in [6, 6.07) is 0. The van der Waals surface area contributed by atoms with Gasteiger partial charge in [-0.1, -0.05) is 13.8 Å². The van der Waals surface area contributed by atoms with Gasteiger partial charge in [0.25, 0.3) is 0 Å². The Morgan fingerprint density at radius 1 is 1.50 bits per heavy atom. The number of nitrogens with two attached hydrogens (primary N) is 1. The minimum absolute atomic E-state index is 0.0569. The lowest BCUT2D eigenvalue weighted by atomic mass is 9.46. The molecule has 1 aliphatic carbocycles. The SMILES string of the molecule is COC(C)CNCC1(N)C2CCCOC2C1(C)C. The molecule has 0 amide bonds. The van der Waals surface area contributed by atoms with Crippen LogP contribution in [-0.4, -0.2) is 44.6 Å². The lowest BCUT2D eigenvalue weighted by Gasteiger charge is -2.66. The van der Waals surface area contributed by atoms with E-state index in [1.165, 1.54) is 6.42 Å². The normalized spacial score (nSPS) is 39.8. The molecule has 2 aliphatic rings. The maximum absolute atomic E-state index is 6.68. The van der Waals surface area contributed by atoms with Crippen molar-refractivity contribution >= 4 is 0 Å². The van der Waals surface area contributed by atoms with E-state index in [0.717, 1.165) is 26.1 Å². The molecule has 4 atom stereocenters. The third-order valence-electron chi connectivity index (χ3n) is 5.15. The highest BCUT2D eigenvalue weighted by atomic mass is 16.5. The Kier molecular flexibility index (Phi) is 4.02. The molecule has 1 saturated carbocycles. The molecular weight excluding hydrogens is 228 g/mol. The second-order valence-electron chi connectivity index (χ2n) is 6.48. The highest BCUT2D eigenvalue weighted by Crippen LogP contribution is 2.56. The molecule has 0 spiro atoms. The van der Waals surface area contributed by atoms with Gasteiger partial charge < -0.3 is 20.5 Å². The van der Waals surface area contributed by atoms with Gasteiger partial charge in [0, 0.05) is 43.7 Å². The minimum atomic E-state index is -0.147. The summed E-state index contributed by atoms with van der Waals surface area (Å²) < 4.78 is 11.2. The van der Waals surface area contributed by atoms with Crippen molar-refractivity contribution in [3.63, 3.8) is 0 Å². The van der Waals surface area contributed by atoms with Gasteiger partial charge in [-0.2, -0.15) is 0 Å². The van der Waals surface area contributed by atoms with Crippen molar-refractivity contribution < 1.29 is 9.47 Å². The van der Waals surface area contributed by atoms with E-state index in [0.29, 0.717) is 12.0 Å². The van der Waals surface area contributed by atoms with Gasteiger partial charge in [0.05, 0.1) is 12.2 Å². The monoisotopic (exact) mass is 256 g/mol. The fourth-order valence-corrected chi connectivity index (χ4v) is 3.59.